The number of aliphatic carboxylic acids is 1. The van der Waals surface area contributed by atoms with Crippen molar-refractivity contribution in [2.75, 3.05) is 7.11 Å². The van der Waals surface area contributed by atoms with Crippen LogP contribution in [-0.2, 0) is 4.79 Å². The third kappa shape index (κ3) is 3.91. The lowest BCUT2D eigenvalue weighted by Gasteiger charge is -2.14. The van der Waals surface area contributed by atoms with Crippen LogP contribution in [0.25, 0.3) is 10.9 Å². The molecule has 0 spiro atoms. The maximum atomic E-state index is 13.3. The topological polar surface area (TPSA) is 68.5 Å². The molecule has 5 nitrogen and oxygen atoms in total. The van der Waals surface area contributed by atoms with Gasteiger partial charge in [-0.1, -0.05) is 17.2 Å². The number of carbonyl (C=O) groups excluding carboxylic acids is 1. The van der Waals surface area contributed by atoms with Gasteiger partial charge < -0.3 is 9.84 Å². The second-order valence-corrected chi connectivity index (χ2v) is 7.52. The van der Waals surface area contributed by atoms with Gasteiger partial charge in [0.25, 0.3) is 5.91 Å². The van der Waals surface area contributed by atoms with Gasteiger partial charge in [-0.25, -0.2) is 0 Å². The zero-order chi connectivity index (χ0) is 21.3. The van der Waals surface area contributed by atoms with Crippen LogP contribution in [0.3, 0.4) is 0 Å². The molecule has 2 aromatic carbocycles. The number of carboxylic acids is 1. The van der Waals surface area contributed by atoms with E-state index in [0.29, 0.717) is 38.5 Å². The number of aromatic nitrogens is 1. The second-order valence-electron chi connectivity index (χ2n) is 7.08. The first-order valence-corrected chi connectivity index (χ1v) is 9.48. The summed E-state index contributed by atoms with van der Waals surface area (Å²) < 4.78 is 6.89. The molecule has 0 aliphatic rings. The molecule has 150 valence electrons. The van der Waals surface area contributed by atoms with Crippen LogP contribution in [0.15, 0.2) is 54.6 Å². The molecule has 0 saturated carbocycles. The maximum Gasteiger partial charge on any atom is 0.311 e. The number of carboxylic acid groups (broad SMARTS) is 1. The number of ether oxygens (including phenoxy) is 1. The van der Waals surface area contributed by atoms with Gasteiger partial charge in [0.05, 0.1) is 18.5 Å². The average Bonchev–Trinajstić information content (AvgIpc) is 2.96. The highest BCUT2D eigenvalue weighted by atomic mass is 35.5. The fourth-order valence-electron chi connectivity index (χ4n) is 3.63. The summed E-state index contributed by atoms with van der Waals surface area (Å²) in [5, 5.41) is 11.1. The van der Waals surface area contributed by atoms with Crippen molar-refractivity contribution in [2.24, 2.45) is 0 Å². The number of hydrogen-bond acceptors (Lipinski definition) is 3. The lowest BCUT2D eigenvalue weighted by molar-refractivity contribution is -0.138. The van der Waals surface area contributed by atoms with E-state index in [4.69, 9.17) is 16.3 Å². The lowest BCUT2D eigenvalue weighted by atomic mass is 9.90. The first-order valence-electron chi connectivity index (χ1n) is 9.11. The van der Waals surface area contributed by atoms with Crippen LogP contribution >= 0.6 is 11.6 Å². The second kappa shape index (κ2) is 8.13. The number of allylic oxidation sites excluding steroid dienone is 1. The van der Waals surface area contributed by atoms with E-state index < -0.39 is 11.9 Å². The zero-order valence-corrected chi connectivity index (χ0v) is 17.3. The van der Waals surface area contributed by atoms with Gasteiger partial charge in [-0.05, 0) is 68.3 Å². The highest BCUT2D eigenvalue weighted by Crippen LogP contribution is 2.37. The lowest BCUT2D eigenvalue weighted by Crippen LogP contribution is -2.16. The van der Waals surface area contributed by atoms with Crippen LogP contribution in [0.2, 0.25) is 5.02 Å². The number of nitrogens with zero attached hydrogens (tertiary/aromatic N) is 1. The van der Waals surface area contributed by atoms with E-state index >= 15 is 0 Å². The molecule has 1 unspecified atom stereocenters. The molecule has 1 atom stereocenters. The van der Waals surface area contributed by atoms with E-state index in [1.54, 1.807) is 68.0 Å². The molecule has 3 aromatic rings. The van der Waals surface area contributed by atoms with Crippen molar-refractivity contribution in [2.45, 2.75) is 26.2 Å². The van der Waals surface area contributed by atoms with E-state index in [0.717, 1.165) is 5.57 Å². The van der Waals surface area contributed by atoms with Gasteiger partial charge in [0.1, 0.15) is 5.75 Å². The van der Waals surface area contributed by atoms with Crippen LogP contribution in [0, 0.1) is 6.92 Å². The van der Waals surface area contributed by atoms with E-state index in [1.807, 2.05) is 0 Å². The Kier molecular flexibility index (Phi) is 5.80. The summed E-state index contributed by atoms with van der Waals surface area (Å²) >= 11 is 5.95. The molecule has 0 aliphatic heterocycles. The Morgan fingerprint density at radius 3 is 2.41 bits per heavy atom. The molecule has 1 N–H and O–H groups in total. The summed E-state index contributed by atoms with van der Waals surface area (Å²) in [6.45, 7) is 7.43. The molecular weight excluding hydrogens is 390 g/mol. The quantitative estimate of drug-likeness (QED) is 0.549. The first kappa shape index (κ1) is 20.7. The summed E-state index contributed by atoms with van der Waals surface area (Å²) in [6.07, 6.45) is 0.279. The van der Waals surface area contributed by atoms with Crippen molar-refractivity contribution < 1.29 is 19.4 Å². The van der Waals surface area contributed by atoms with Crippen molar-refractivity contribution in [1.82, 2.24) is 4.57 Å². The van der Waals surface area contributed by atoms with Crippen molar-refractivity contribution in [1.29, 1.82) is 0 Å². The normalized spacial score (nSPS) is 12.0. The van der Waals surface area contributed by atoms with Crippen molar-refractivity contribution in [3.63, 3.8) is 0 Å². The first-order chi connectivity index (χ1) is 13.7. The number of halogens is 1. The third-order valence-corrected chi connectivity index (χ3v) is 5.21. The largest absolute Gasteiger partial charge is 0.497 e. The molecule has 0 fully saturated rings. The molecule has 1 heterocycles. The van der Waals surface area contributed by atoms with Crippen LogP contribution in [-0.4, -0.2) is 28.7 Å². The van der Waals surface area contributed by atoms with E-state index in [-0.39, 0.29) is 12.3 Å². The zero-order valence-electron chi connectivity index (χ0n) is 16.5. The molecule has 6 heteroatoms. The molecular formula is C23H22ClNO4. The summed E-state index contributed by atoms with van der Waals surface area (Å²) in [7, 11) is 1.55. The fraction of sp³-hybridized carbons (Fsp3) is 0.217. The van der Waals surface area contributed by atoms with Crippen LogP contribution < -0.4 is 4.74 Å². The molecule has 0 saturated heterocycles. The van der Waals surface area contributed by atoms with Gasteiger partial charge in [0.15, 0.2) is 0 Å². The molecule has 1 aromatic heterocycles. The number of methoxy groups -OCH3 is 1. The fourth-order valence-corrected chi connectivity index (χ4v) is 3.76. The molecule has 0 amide bonds. The Balaban J connectivity index is 2.30. The van der Waals surface area contributed by atoms with Crippen LogP contribution in [0.5, 0.6) is 5.75 Å². The van der Waals surface area contributed by atoms with Crippen LogP contribution in [0.4, 0.5) is 0 Å². The SMILES string of the molecule is C=C(C)CC(C(=O)O)c1c(C)n(C(=O)c2ccc(Cl)cc2)c2ccc(OC)cc12. The summed E-state index contributed by atoms with van der Waals surface area (Å²) in [5.74, 6) is -1.44. The minimum Gasteiger partial charge on any atom is -0.497 e. The summed E-state index contributed by atoms with van der Waals surface area (Å²) in [5.41, 5.74) is 3.03. The molecule has 3 rings (SSSR count). The number of hydrogen-bond donors (Lipinski definition) is 1. The number of fused-ring (bicyclic) bond motifs is 1. The predicted molar refractivity (Wildman–Crippen MR) is 114 cm³/mol. The monoisotopic (exact) mass is 411 g/mol. The average molecular weight is 412 g/mol. The molecule has 0 bridgehead atoms. The van der Waals surface area contributed by atoms with Gasteiger partial charge in [-0.3, -0.25) is 14.2 Å². The summed E-state index contributed by atoms with van der Waals surface area (Å²) in [6, 6.07) is 11.9. The van der Waals surface area contributed by atoms with E-state index in [2.05, 4.69) is 6.58 Å². The van der Waals surface area contributed by atoms with Gasteiger partial charge in [0, 0.05) is 21.7 Å². The highest BCUT2D eigenvalue weighted by molar-refractivity contribution is 6.30. The number of rotatable bonds is 6. The minimum atomic E-state index is -0.961. The Hall–Kier alpha value is -3.05. The predicted octanol–water partition coefficient (Wildman–Crippen LogP) is 5.43. The van der Waals surface area contributed by atoms with Crippen LogP contribution in [0.1, 0.15) is 40.9 Å². The smallest absolute Gasteiger partial charge is 0.311 e. The Bertz CT molecular complexity index is 1110. The van der Waals surface area contributed by atoms with Crippen molar-refractivity contribution in [3.8, 4) is 5.75 Å². The van der Waals surface area contributed by atoms with Gasteiger partial charge >= 0.3 is 5.97 Å². The van der Waals surface area contributed by atoms with Gasteiger partial charge in [-0.2, -0.15) is 0 Å². The van der Waals surface area contributed by atoms with Crippen molar-refractivity contribution in [3.05, 3.63) is 76.5 Å². The molecule has 0 radical (unpaired) electrons. The third-order valence-electron chi connectivity index (χ3n) is 4.95. The molecule has 0 aliphatic carbocycles. The van der Waals surface area contributed by atoms with Gasteiger partial charge in [-0.15, -0.1) is 6.58 Å². The molecule has 29 heavy (non-hydrogen) atoms. The Labute approximate surface area is 174 Å². The van der Waals surface area contributed by atoms with E-state index in [1.165, 1.54) is 0 Å². The Morgan fingerprint density at radius 2 is 1.86 bits per heavy atom. The number of carbonyl (C=O) groups is 2. The minimum absolute atomic E-state index is 0.250. The number of benzene rings is 2. The maximum absolute atomic E-state index is 13.3. The van der Waals surface area contributed by atoms with Gasteiger partial charge in [0.2, 0.25) is 0 Å². The van der Waals surface area contributed by atoms with Crippen molar-refractivity contribution >= 4 is 34.4 Å². The Morgan fingerprint density at radius 1 is 1.21 bits per heavy atom. The summed E-state index contributed by atoms with van der Waals surface area (Å²) in [4.78, 5) is 25.4. The van der Waals surface area contributed by atoms with E-state index in [9.17, 15) is 14.7 Å². The standard InChI is InChI=1S/C23H22ClNO4/c1-13(2)11-19(23(27)28)21-14(3)25(20-10-9-17(29-4)12-18(20)21)22(26)15-5-7-16(24)8-6-15/h5-10,12,19H,1,11H2,2-4H3,(H,27,28). The highest BCUT2D eigenvalue weighted by Gasteiger charge is 2.29.